The highest BCUT2D eigenvalue weighted by Gasteiger charge is 2.31. The number of hydrogen-bond acceptors (Lipinski definition) is 5. The van der Waals surface area contributed by atoms with E-state index < -0.39 is 6.04 Å². The van der Waals surface area contributed by atoms with Crippen LogP contribution in [0.4, 0.5) is 0 Å². The molecule has 1 aliphatic rings. The molecule has 1 aromatic carbocycles. The third-order valence-electron chi connectivity index (χ3n) is 3.40. The second-order valence-electron chi connectivity index (χ2n) is 4.93. The summed E-state index contributed by atoms with van der Waals surface area (Å²) < 4.78 is 0. The van der Waals surface area contributed by atoms with Crippen molar-refractivity contribution < 1.29 is 9.59 Å². The molecule has 1 atom stereocenters. The van der Waals surface area contributed by atoms with Crippen molar-refractivity contribution in [3.63, 3.8) is 0 Å². The molecule has 7 heteroatoms. The third kappa shape index (κ3) is 3.85. The van der Waals surface area contributed by atoms with E-state index in [9.17, 15) is 14.5 Å². The van der Waals surface area contributed by atoms with Gasteiger partial charge < -0.3 is 5.32 Å². The van der Waals surface area contributed by atoms with E-state index in [2.05, 4.69) is 10.6 Å². The summed E-state index contributed by atoms with van der Waals surface area (Å²) in [5.41, 5.74) is 0.877. The van der Waals surface area contributed by atoms with Crippen LogP contribution < -0.4 is 5.32 Å². The number of amides is 2. The van der Waals surface area contributed by atoms with Gasteiger partial charge in [0.1, 0.15) is 6.04 Å². The number of rotatable bonds is 4. The zero-order valence-electron chi connectivity index (χ0n) is 11.9. The number of imide groups is 1. The van der Waals surface area contributed by atoms with Crippen molar-refractivity contribution in [2.75, 3.05) is 19.6 Å². The molecule has 1 fully saturated rings. The average Bonchev–Trinajstić information content (AvgIpc) is 2.52. The lowest BCUT2D eigenvalue weighted by Gasteiger charge is -2.31. The van der Waals surface area contributed by atoms with Gasteiger partial charge in [-0.2, -0.15) is 0 Å². The molecule has 1 aromatic rings. The van der Waals surface area contributed by atoms with Crippen LogP contribution in [0.2, 0.25) is 0 Å². The maximum atomic E-state index is 12.5. The second-order valence-corrected chi connectivity index (χ2v) is 4.93. The minimum absolute atomic E-state index is 0.181. The Balaban J connectivity index is 2.08. The lowest BCUT2D eigenvalue weighted by molar-refractivity contribution is -0.146. The number of nitrogens with zero attached hydrogens (tertiary/aromatic N) is 3. The van der Waals surface area contributed by atoms with E-state index in [1.54, 1.807) is 0 Å². The predicted molar refractivity (Wildman–Crippen MR) is 76.8 cm³/mol. The minimum atomic E-state index is -0.593. The van der Waals surface area contributed by atoms with Crippen LogP contribution in [-0.2, 0) is 16.1 Å². The molecule has 1 aliphatic heterocycles. The lowest BCUT2D eigenvalue weighted by Crippen LogP contribution is -2.57. The van der Waals surface area contributed by atoms with Crippen LogP contribution in [0.1, 0.15) is 12.5 Å². The molecule has 112 valence electrons. The fraction of sp³-hybridized carbons (Fsp3) is 0.429. The van der Waals surface area contributed by atoms with Crippen molar-refractivity contribution in [2.24, 2.45) is 5.29 Å². The molecule has 1 unspecified atom stereocenters. The summed E-state index contributed by atoms with van der Waals surface area (Å²) >= 11 is 0. The van der Waals surface area contributed by atoms with Gasteiger partial charge in [0.15, 0.2) is 0 Å². The van der Waals surface area contributed by atoms with Gasteiger partial charge in [0, 0.05) is 13.5 Å². The van der Waals surface area contributed by atoms with Gasteiger partial charge in [-0.3, -0.25) is 19.5 Å². The van der Waals surface area contributed by atoms with Crippen molar-refractivity contribution >= 4 is 11.8 Å². The van der Waals surface area contributed by atoms with Gasteiger partial charge in [0.25, 0.3) is 0 Å². The van der Waals surface area contributed by atoms with E-state index in [1.807, 2.05) is 30.3 Å². The SMILES string of the molecule is CC(=O)N(Cc1ccccc1)C(=O)C1CN(N=O)CCN1. The molecule has 0 aromatic heterocycles. The number of carbonyl (C=O) groups is 2. The summed E-state index contributed by atoms with van der Waals surface area (Å²) in [6.45, 7) is 2.72. The van der Waals surface area contributed by atoms with Gasteiger partial charge in [-0.25, -0.2) is 0 Å². The summed E-state index contributed by atoms with van der Waals surface area (Å²) in [5.74, 6) is -0.651. The summed E-state index contributed by atoms with van der Waals surface area (Å²) in [5, 5.41) is 7.17. The maximum absolute atomic E-state index is 12.5. The monoisotopic (exact) mass is 290 g/mol. The average molecular weight is 290 g/mol. The van der Waals surface area contributed by atoms with E-state index in [0.29, 0.717) is 13.1 Å². The Bertz CT molecular complexity index is 520. The Kier molecular flexibility index (Phi) is 4.99. The molecule has 2 rings (SSSR count). The van der Waals surface area contributed by atoms with Crippen LogP contribution >= 0.6 is 0 Å². The Morgan fingerprint density at radius 3 is 2.71 bits per heavy atom. The first kappa shape index (κ1) is 15.1. The molecule has 0 aliphatic carbocycles. The number of piperazine rings is 1. The quantitative estimate of drug-likeness (QED) is 0.817. The molecule has 0 bridgehead atoms. The van der Waals surface area contributed by atoms with Crippen molar-refractivity contribution in [3.8, 4) is 0 Å². The highest BCUT2D eigenvalue weighted by Crippen LogP contribution is 2.09. The Labute approximate surface area is 122 Å². The summed E-state index contributed by atoms with van der Waals surface area (Å²) in [7, 11) is 0. The number of carbonyl (C=O) groups excluding carboxylic acids is 2. The van der Waals surface area contributed by atoms with Crippen LogP contribution in [0.3, 0.4) is 0 Å². The number of benzene rings is 1. The Morgan fingerprint density at radius 1 is 1.38 bits per heavy atom. The van der Waals surface area contributed by atoms with Gasteiger partial charge in [-0.15, -0.1) is 4.91 Å². The molecule has 21 heavy (non-hydrogen) atoms. The topological polar surface area (TPSA) is 82.1 Å². The predicted octanol–water partition coefficient (Wildman–Crippen LogP) is 0.517. The van der Waals surface area contributed by atoms with Crippen LogP contribution in [-0.4, -0.2) is 47.4 Å². The van der Waals surface area contributed by atoms with E-state index in [1.165, 1.54) is 16.8 Å². The van der Waals surface area contributed by atoms with Crippen molar-refractivity contribution in [1.82, 2.24) is 15.2 Å². The number of nitroso groups, excluding NO2 is 1. The fourth-order valence-electron chi connectivity index (χ4n) is 2.27. The first-order chi connectivity index (χ1) is 10.1. The molecular weight excluding hydrogens is 272 g/mol. The third-order valence-corrected chi connectivity index (χ3v) is 3.40. The lowest BCUT2D eigenvalue weighted by atomic mass is 10.1. The van der Waals surface area contributed by atoms with Crippen LogP contribution in [0.5, 0.6) is 0 Å². The van der Waals surface area contributed by atoms with E-state index in [4.69, 9.17) is 0 Å². The van der Waals surface area contributed by atoms with Gasteiger partial charge in [-0.05, 0) is 5.56 Å². The van der Waals surface area contributed by atoms with Gasteiger partial charge >= 0.3 is 0 Å². The van der Waals surface area contributed by atoms with Gasteiger partial charge in [0.2, 0.25) is 11.8 Å². The zero-order chi connectivity index (χ0) is 15.2. The standard InChI is InChI=1S/C14H18N4O3/c1-11(19)18(9-12-5-3-2-4-6-12)14(20)13-10-17(16-21)8-7-15-13/h2-6,13,15H,7-10H2,1H3. The molecule has 1 heterocycles. The highest BCUT2D eigenvalue weighted by atomic mass is 16.3. The first-order valence-electron chi connectivity index (χ1n) is 6.79. The molecular formula is C14H18N4O3. The van der Waals surface area contributed by atoms with E-state index in [0.717, 1.165) is 5.56 Å². The van der Waals surface area contributed by atoms with Crippen LogP contribution in [0, 0.1) is 4.91 Å². The molecule has 0 spiro atoms. The summed E-state index contributed by atoms with van der Waals surface area (Å²) in [6.07, 6.45) is 0. The number of hydrogen-bond donors (Lipinski definition) is 1. The van der Waals surface area contributed by atoms with Crippen molar-refractivity contribution in [2.45, 2.75) is 19.5 Å². The van der Waals surface area contributed by atoms with E-state index >= 15 is 0 Å². The molecule has 0 saturated carbocycles. The molecule has 1 N–H and O–H groups in total. The van der Waals surface area contributed by atoms with Gasteiger partial charge in [-0.1, -0.05) is 30.3 Å². The smallest absolute Gasteiger partial charge is 0.248 e. The fourth-order valence-corrected chi connectivity index (χ4v) is 2.27. The van der Waals surface area contributed by atoms with Crippen molar-refractivity contribution in [1.29, 1.82) is 0 Å². The van der Waals surface area contributed by atoms with E-state index in [-0.39, 0.29) is 24.9 Å². The van der Waals surface area contributed by atoms with Crippen LogP contribution in [0.25, 0.3) is 0 Å². The summed E-state index contributed by atoms with van der Waals surface area (Å²) in [4.78, 5) is 36.0. The minimum Gasteiger partial charge on any atom is -0.302 e. The number of nitrogens with one attached hydrogen (secondary N) is 1. The zero-order valence-corrected chi connectivity index (χ0v) is 11.9. The second kappa shape index (κ2) is 6.94. The summed E-state index contributed by atoms with van der Waals surface area (Å²) in [6, 6.07) is 8.71. The van der Waals surface area contributed by atoms with Crippen molar-refractivity contribution in [3.05, 3.63) is 40.8 Å². The van der Waals surface area contributed by atoms with Gasteiger partial charge in [0.05, 0.1) is 24.9 Å². The molecule has 2 amide bonds. The Morgan fingerprint density at radius 2 is 2.10 bits per heavy atom. The highest BCUT2D eigenvalue weighted by molar-refractivity contribution is 5.97. The normalized spacial score (nSPS) is 18.1. The van der Waals surface area contributed by atoms with Crippen LogP contribution in [0.15, 0.2) is 35.6 Å². The molecule has 7 nitrogen and oxygen atoms in total. The molecule has 1 saturated heterocycles. The largest absolute Gasteiger partial charge is 0.302 e. The Hall–Kier alpha value is -2.28. The first-order valence-corrected chi connectivity index (χ1v) is 6.79. The molecule has 0 radical (unpaired) electrons. The maximum Gasteiger partial charge on any atom is 0.248 e.